The van der Waals surface area contributed by atoms with Crippen LogP contribution in [-0.2, 0) is 4.79 Å². The van der Waals surface area contributed by atoms with E-state index in [1.807, 2.05) is 12.1 Å². The Morgan fingerprint density at radius 1 is 1.19 bits per heavy atom. The summed E-state index contributed by atoms with van der Waals surface area (Å²) in [5, 5.41) is 12.8. The number of hydrogen-bond donors (Lipinski definition) is 2. The zero-order chi connectivity index (χ0) is 22.0. The molecule has 1 amide bonds. The first-order valence-corrected chi connectivity index (χ1v) is 10.3. The Morgan fingerprint density at radius 3 is 2.48 bits per heavy atom. The van der Waals surface area contributed by atoms with Gasteiger partial charge in [0.25, 0.3) is 0 Å². The second-order valence-electron chi connectivity index (χ2n) is 6.95. The predicted octanol–water partition coefficient (Wildman–Crippen LogP) is 4.61. The highest BCUT2D eigenvalue weighted by Crippen LogP contribution is 2.49. The van der Waals surface area contributed by atoms with Gasteiger partial charge in [0.15, 0.2) is 0 Å². The molecule has 156 valence electrons. The molecule has 0 radical (unpaired) electrons. The van der Waals surface area contributed by atoms with Crippen molar-refractivity contribution in [2.75, 3.05) is 19.0 Å². The summed E-state index contributed by atoms with van der Waals surface area (Å²) in [7, 11) is 1.57. The molecule has 7 heteroatoms. The van der Waals surface area contributed by atoms with Gasteiger partial charge < -0.3 is 19.9 Å². The number of rotatable bonds is 6. The molecule has 0 unspecified atom stereocenters. The van der Waals surface area contributed by atoms with Gasteiger partial charge in [0.1, 0.15) is 23.0 Å². The highest BCUT2D eigenvalue weighted by molar-refractivity contribution is 7.15. The lowest BCUT2D eigenvalue weighted by molar-refractivity contribution is -0.116. The molecule has 1 atom stereocenters. The number of ether oxygens (including phenoxy) is 2. The van der Waals surface area contributed by atoms with Gasteiger partial charge in [0.2, 0.25) is 5.91 Å². The molecule has 0 saturated heterocycles. The van der Waals surface area contributed by atoms with Gasteiger partial charge in [-0.2, -0.15) is 0 Å². The maximum absolute atomic E-state index is 12.6. The van der Waals surface area contributed by atoms with Crippen LogP contribution >= 0.6 is 11.3 Å². The number of anilines is 1. The van der Waals surface area contributed by atoms with E-state index in [2.05, 4.69) is 11.2 Å². The highest BCUT2D eigenvalue weighted by atomic mass is 32.1. The van der Waals surface area contributed by atoms with E-state index in [0.29, 0.717) is 28.3 Å². The SMILES string of the molecule is C#CCOc1ccc([C@H]2CC(=O)Nc3c2sc(C(=O)O)c3-c2ccc(OC)cc2)cc1. The summed E-state index contributed by atoms with van der Waals surface area (Å²) in [4.78, 5) is 25.6. The number of nitrogens with one attached hydrogen (secondary N) is 1. The van der Waals surface area contributed by atoms with Gasteiger partial charge in [-0.1, -0.05) is 30.2 Å². The summed E-state index contributed by atoms with van der Waals surface area (Å²) < 4.78 is 10.6. The van der Waals surface area contributed by atoms with E-state index < -0.39 is 5.97 Å². The van der Waals surface area contributed by atoms with Crippen LogP contribution in [0.1, 0.15) is 32.5 Å². The molecule has 2 N–H and O–H groups in total. The number of fused-ring (bicyclic) bond motifs is 1. The summed E-state index contributed by atoms with van der Waals surface area (Å²) >= 11 is 1.19. The maximum Gasteiger partial charge on any atom is 0.346 e. The molecule has 2 heterocycles. The molecule has 0 fully saturated rings. The van der Waals surface area contributed by atoms with Gasteiger partial charge in [-0.05, 0) is 35.4 Å². The van der Waals surface area contributed by atoms with Crippen LogP contribution in [0.5, 0.6) is 11.5 Å². The Bertz CT molecular complexity index is 1170. The number of aromatic carboxylic acids is 1. The van der Waals surface area contributed by atoms with Crippen LogP contribution in [0.15, 0.2) is 48.5 Å². The number of carbonyl (C=O) groups is 2. The normalized spacial score (nSPS) is 14.8. The fourth-order valence-corrected chi connectivity index (χ4v) is 4.91. The van der Waals surface area contributed by atoms with Crippen LogP contribution < -0.4 is 14.8 Å². The van der Waals surface area contributed by atoms with E-state index in [-0.39, 0.29) is 29.7 Å². The van der Waals surface area contributed by atoms with Crippen molar-refractivity contribution in [2.45, 2.75) is 12.3 Å². The summed E-state index contributed by atoms with van der Waals surface area (Å²) in [5.74, 6) is 2.28. The fraction of sp³-hybridized carbons (Fsp3) is 0.167. The minimum absolute atomic E-state index is 0.158. The molecule has 0 aliphatic carbocycles. The van der Waals surface area contributed by atoms with E-state index in [9.17, 15) is 14.7 Å². The first-order valence-electron chi connectivity index (χ1n) is 9.52. The molecule has 3 aromatic rings. The number of methoxy groups -OCH3 is 1. The van der Waals surface area contributed by atoms with Crippen molar-refractivity contribution in [2.24, 2.45) is 0 Å². The second-order valence-corrected chi connectivity index (χ2v) is 8.00. The van der Waals surface area contributed by atoms with Crippen molar-refractivity contribution in [3.8, 4) is 35.0 Å². The number of benzene rings is 2. The van der Waals surface area contributed by atoms with Crippen LogP contribution in [-0.4, -0.2) is 30.7 Å². The van der Waals surface area contributed by atoms with Crippen molar-refractivity contribution in [1.29, 1.82) is 0 Å². The largest absolute Gasteiger partial charge is 0.497 e. The van der Waals surface area contributed by atoms with Gasteiger partial charge in [-0.25, -0.2) is 4.79 Å². The number of amides is 1. The lowest BCUT2D eigenvalue weighted by Crippen LogP contribution is -2.22. The zero-order valence-electron chi connectivity index (χ0n) is 16.7. The Balaban J connectivity index is 1.79. The van der Waals surface area contributed by atoms with E-state index in [0.717, 1.165) is 10.4 Å². The first kappa shape index (κ1) is 20.5. The molecule has 2 aromatic carbocycles. The van der Waals surface area contributed by atoms with Crippen LogP contribution in [0.3, 0.4) is 0 Å². The minimum atomic E-state index is -1.03. The highest BCUT2D eigenvalue weighted by Gasteiger charge is 2.34. The predicted molar refractivity (Wildman–Crippen MR) is 119 cm³/mol. The molecule has 0 saturated carbocycles. The number of carboxylic acid groups (broad SMARTS) is 1. The maximum atomic E-state index is 12.6. The number of terminal acetylenes is 1. The van der Waals surface area contributed by atoms with E-state index in [1.165, 1.54) is 11.3 Å². The van der Waals surface area contributed by atoms with Crippen LogP contribution in [0.2, 0.25) is 0 Å². The summed E-state index contributed by atoms with van der Waals surface area (Å²) in [6.07, 6.45) is 5.46. The lowest BCUT2D eigenvalue weighted by atomic mass is 9.88. The third-order valence-corrected chi connectivity index (χ3v) is 6.37. The molecule has 1 aliphatic heterocycles. The van der Waals surface area contributed by atoms with Gasteiger partial charge in [-0.15, -0.1) is 17.8 Å². The molecular formula is C24H19NO5S. The molecule has 4 rings (SSSR count). The minimum Gasteiger partial charge on any atom is -0.497 e. The molecule has 0 spiro atoms. The van der Waals surface area contributed by atoms with Crippen molar-refractivity contribution in [3.63, 3.8) is 0 Å². The summed E-state index contributed by atoms with van der Waals surface area (Å²) in [5.41, 5.74) is 2.68. The zero-order valence-corrected chi connectivity index (χ0v) is 17.5. The van der Waals surface area contributed by atoms with Crippen molar-refractivity contribution < 1.29 is 24.2 Å². The molecular weight excluding hydrogens is 414 g/mol. The summed E-state index contributed by atoms with van der Waals surface area (Å²) in [6.45, 7) is 0.174. The van der Waals surface area contributed by atoms with Crippen molar-refractivity contribution in [3.05, 3.63) is 63.8 Å². The Morgan fingerprint density at radius 2 is 1.87 bits per heavy atom. The van der Waals surface area contributed by atoms with E-state index in [1.54, 1.807) is 43.5 Å². The van der Waals surface area contributed by atoms with E-state index in [4.69, 9.17) is 15.9 Å². The van der Waals surface area contributed by atoms with Gasteiger partial charge in [0, 0.05) is 22.8 Å². The monoisotopic (exact) mass is 433 g/mol. The Labute approximate surface area is 183 Å². The number of hydrogen-bond acceptors (Lipinski definition) is 5. The van der Waals surface area contributed by atoms with Crippen LogP contribution in [0, 0.1) is 12.3 Å². The Hall–Kier alpha value is -3.76. The van der Waals surface area contributed by atoms with Gasteiger partial charge >= 0.3 is 5.97 Å². The van der Waals surface area contributed by atoms with Crippen LogP contribution in [0.4, 0.5) is 5.69 Å². The molecule has 0 bridgehead atoms. The van der Waals surface area contributed by atoms with Gasteiger partial charge in [-0.3, -0.25) is 4.79 Å². The topological polar surface area (TPSA) is 84.9 Å². The number of carboxylic acids is 1. The van der Waals surface area contributed by atoms with E-state index >= 15 is 0 Å². The first-order chi connectivity index (χ1) is 15.0. The standard InChI is InChI=1S/C24H19NO5S/c1-3-12-30-17-10-4-14(5-11-17)18-13-19(26)25-21-20(23(24(27)28)31-22(18)21)15-6-8-16(29-2)9-7-15/h1,4-11,18H,12-13H2,2H3,(H,25,26)(H,27,28)/t18-/m1/s1. The van der Waals surface area contributed by atoms with Crippen molar-refractivity contribution in [1.82, 2.24) is 0 Å². The average Bonchev–Trinajstić information content (AvgIpc) is 3.17. The fourth-order valence-electron chi connectivity index (χ4n) is 3.66. The average molecular weight is 433 g/mol. The van der Waals surface area contributed by atoms with Crippen molar-refractivity contribution >= 4 is 28.9 Å². The van der Waals surface area contributed by atoms with Gasteiger partial charge in [0.05, 0.1) is 12.8 Å². The quantitative estimate of drug-likeness (QED) is 0.555. The third-order valence-electron chi connectivity index (χ3n) is 5.08. The number of carbonyl (C=O) groups excluding carboxylic acids is 1. The molecule has 31 heavy (non-hydrogen) atoms. The lowest BCUT2D eigenvalue weighted by Gasteiger charge is -2.24. The molecule has 1 aliphatic rings. The summed E-state index contributed by atoms with van der Waals surface area (Å²) in [6, 6.07) is 14.5. The number of thiophene rings is 1. The Kier molecular flexibility index (Phi) is 5.65. The third kappa shape index (κ3) is 3.98. The molecule has 1 aromatic heterocycles. The smallest absolute Gasteiger partial charge is 0.346 e. The molecule has 6 nitrogen and oxygen atoms in total. The van der Waals surface area contributed by atoms with Crippen LogP contribution in [0.25, 0.3) is 11.1 Å². The second kappa shape index (κ2) is 8.54.